The number of alkyl halides is 1. The Morgan fingerprint density at radius 2 is 2.29 bits per heavy atom. The van der Waals surface area contributed by atoms with Crippen LogP contribution in [0.15, 0.2) is 12.3 Å². The van der Waals surface area contributed by atoms with Gasteiger partial charge < -0.3 is 9.30 Å². The number of halogens is 1. The van der Waals surface area contributed by atoms with E-state index in [1.165, 1.54) is 0 Å². The highest BCUT2D eigenvalue weighted by Crippen LogP contribution is 2.22. The molecule has 0 aliphatic rings. The fourth-order valence-electron chi connectivity index (χ4n) is 2.03. The molecule has 0 bridgehead atoms. The summed E-state index contributed by atoms with van der Waals surface area (Å²) in [4.78, 5) is 8.95. The molecule has 0 saturated carbocycles. The van der Waals surface area contributed by atoms with E-state index in [-0.39, 0.29) is 6.04 Å². The van der Waals surface area contributed by atoms with Gasteiger partial charge in [0.05, 0.1) is 18.5 Å². The van der Waals surface area contributed by atoms with Crippen LogP contribution in [0.4, 0.5) is 0 Å². The van der Waals surface area contributed by atoms with Crippen LogP contribution in [0.1, 0.15) is 24.4 Å². The summed E-state index contributed by atoms with van der Waals surface area (Å²) in [5.74, 6) is 1.22. The smallest absolute Gasteiger partial charge is 0.160 e. The lowest BCUT2D eigenvalue weighted by Gasteiger charge is -2.15. The van der Waals surface area contributed by atoms with Crippen molar-refractivity contribution in [3.8, 4) is 0 Å². The minimum Gasteiger partial charge on any atom is -0.383 e. The summed E-state index contributed by atoms with van der Waals surface area (Å²) in [6, 6.07) is 2.13. The third kappa shape index (κ3) is 2.15. The van der Waals surface area contributed by atoms with Gasteiger partial charge in [-0.2, -0.15) is 0 Å². The van der Waals surface area contributed by atoms with E-state index in [2.05, 4.69) is 21.5 Å². The Morgan fingerprint density at radius 3 is 2.94 bits per heavy atom. The lowest BCUT2D eigenvalue weighted by Crippen LogP contribution is -2.14. The zero-order chi connectivity index (χ0) is 12.4. The van der Waals surface area contributed by atoms with Crippen molar-refractivity contribution in [1.29, 1.82) is 0 Å². The van der Waals surface area contributed by atoms with E-state index in [0.717, 1.165) is 22.6 Å². The van der Waals surface area contributed by atoms with Crippen molar-refractivity contribution < 1.29 is 4.74 Å². The zero-order valence-corrected chi connectivity index (χ0v) is 11.0. The highest BCUT2D eigenvalue weighted by molar-refractivity contribution is 6.16. The minimum absolute atomic E-state index is 0.174. The summed E-state index contributed by atoms with van der Waals surface area (Å²) in [6.07, 6.45) is 1.80. The summed E-state index contributed by atoms with van der Waals surface area (Å²) < 4.78 is 7.24. The molecule has 2 aromatic rings. The van der Waals surface area contributed by atoms with Gasteiger partial charge in [0.25, 0.3) is 0 Å². The second-order valence-electron chi connectivity index (χ2n) is 4.14. The topological polar surface area (TPSA) is 39.9 Å². The molecule has 0 amide bonds. The van der Waals surface area contributed by atoms with Crippen LogP contribution in [0.5, 0.6) is 0 Å². The Labute approximate surface area is 106 Å². The average Bonchev–Trinajstić information content (AvgIpc) is 2.69. The first-order valence-corrected chi connectivity index (χ1v) is 6.09. The summed E-state index contributed by atoms with van der Waals surface area (Å²) in [7, 11) is 1.69. The number of hydrogen-bond donors (Lipinski definition) is 0. The maximum absolute atomic E-state index is 5.95. The average molecular weight is 254 g/mol. The molecule has 1 atom stereocenters. The quantitative estimate of drug-likeness (QED) is 0.787. The first-order chi connectivity index (χ1) is 8.19. The SMILES string of the molecule is COCC(C)n1c(CCl)nc2c(C)ccnc21. The highest BCUT2D eigenvalue weighted by atomic mass is 35.5. The molecule has 2 heterocycles. The van der Waals surface area contributed by atoms with Crippen molar-refractivity contribution in [1.82, 2.24) is 14.5 Å². The molecule has 5 heteroatoms. The van der Waals surface area contributed by atoms with E-state index < -0.39 is 0 Å². The van der Waals surface area contributed by atoms with E-state index in [9.17, 15) is 0 Å². The van der Waals surface area contributed by atoms with Crippen molar-refractivity contribution in [2.75, 3.05) is 13.7 Å². The Balaban J connectivity index is 2.62. The fourth-order valence-corrected chi connectivity index (χ4v) is 2.22. The van der Waals surface area contributed by atoms with Crippen LogP contribution in [0.3, 0.4) is 0 Å². The van der Waals surface area contributed by atoms with Crippen LogP contribution in [0, 0.1) is 6.92 Å². The van der Waals surface area contributed by atoms with Crippen LogP contribution < -0.4 is 0 Å². The summed E-state index contributed by atoms with van der Waals surface area (Å²) in [5.41, 5.74) is 2.92. The summed E-state index contributed by atoms with van der Waals surface area (Å²) in [5, 5.41) is 0. The maximum Gasteiger partial charge on any atom is 0.160 e. The molecule has 0 aliphatic carbocycles. The number of fused-ring (bicyclic) bond motifs is 1. The molecule has 0 fully saturated rings. The molecule has 17 heavy (non-hydrogen) atoms. The number of pyridine rings is 1. The molecule has 1 unspecified atom stereocenters. The number of nitrogens with zero attached hydrogens (tertiary/aromatic N) is 3. The Bertz CT molecular complexity index is 524. The van der Waals surface area contributed by atoms with E-state index in [1.807, 2.05) is 13.0 Å². The predicted molar refractivity (Wildman–Crippen MR) is 68.4 cm³/mol. The normalized spacial score (nSPS) is 13.2. The lowest BCUT2D eigenvalue weighted by atomic mass is 10.2. The standard InChI is InChI=1S/C12H16ClN3O/c1-8-4-5-14-12-11(8)15-10(6-13)16(12)9(2)7-17-3/h4-5,9H,6-7H2,1-3H3. The Hall–Kier alpha value is -1.13. The van der Waals surface area contributed by atoms with Gasteiger partial charge >= 0.3 is 0 Å². The van der Waals surface area contributed by atoms with Gasteiger partial charge in [0, 0.05) is 13.3 Å². The molecule has 92 valence electrons. The van der Waals surface area contributed by atoms with Crippen LogP contribution in [-0.4, -0.2) is 28.3 Å². The Kier molecular flexibility index (Phi) is 3.64. The number of aryl methyl sites for hydroxylation is 1. The molecule has 0 saturated heterocycles. The number of methoxy groups -OCH3 is 1. The van der Waals surface area contributed by atoms with Crippen LogP contribution in [0.25, 0.3) is 11.2 Å². The highest BCUT2D eigenvalue weighted by Gasteiger charge is 2.17. The molecule has 2 rings (SSSR count). The van der Waals surface area contributed by atoms with Crippen molar-refractivity contribution in [3.05, 3.63) is 23.7 Å². The van der Waals surface area contributed by atoms with Crippen molar-refractivity contribution in [2.45, 2.75) is 25.8 Å². The zero-order valence-electron chi connectivity index (χ0n) is 10.3. The Morgan fingerprint density at radius 1 is 1.53 bits per heavy atom. The molecular formula is C12H16ClN3O. The number of rotatable bonds is 4. The molecule has 0 aromatic carbocycles. The number of hydrogen-bond acceptors (Lipinski definition) is 3. The van der Waals surface area contributed by atoms with Gasteiger partial charge in [0.1, 0.15) is 11.3 Å². The van der Waals surface area contributed by atoms with Crippen LogP contribution >= 0.6 is 11.6 Å². The van der Waals surface area contributed by atoms with E-state index in [0.29, 0.717) is 12.5 Å². The molecule has 2 aromatic heterocycles. The first-order valence-electron chi connectivity index (χ1n) is 5.56. The molecular weight excluding hydrogens is 238 g/mol. The first kappa shape index (κ1) is 12.3. The van der Waals surface area contributed by atoms with Gasteiger partial charge in [0.15, 0.2) is 5.65 Å². The van der Waals surface area contributed by atoms with Crippen LogP contribution in [-0.2, 0) is 10.6 Å². The number of ether oxygens (including phenoxy) is 1. The fraction of sp³-hybridized carbons (Fsp3) is 0.500. The maximum atomic E-state index is 5.95. The molecule has 0 radical (unpaired) electrons. The minimum atomic E-state index is 0.174. The monoisotopic (exact) mass is 253 g/mol. The van der Waals surface area contributed by atoms with Crippen LogP contribution in [0.2, 0.25) is 0 Å². The van der Waals surface area contributed by atoms with E-state index >= 15 is 0 Å². The summed E-state index contributed by atoms with van der Waals surface area (Å²) >= 11 is 5.95. The van der Waals surface area contributed by atoms with Gasteiger partial charge in [-0.25, -0.2) is 9.97 Å². The largest absolute Gasteiger partial charge is 0.383 e. The van der Waals surface area contributed by atoms with Gasteiger partial charge in [-0.3, -0.25) is 0 Å². The summed E-state index contributed by atoms with van der Waals surface area (Å²) in [6.45, 7) is 4.72. The van der Waals surface area contributed by atoms with Crippen molar-refractivity contribution >= 4 is 22.8 Å². The molecule has 0 spiro atoms. The van der Waals surface area contributed by atoms with Gasteiger partial charge in [-0.15, -0.1) is 11.6 Å². The molecule has 0 aliphatic heterocycles. The van der Waals surface area contributed by atoms with E-state index in [4.69, 9.17) is 16.3 Å². The third-order valence-corrected chi connectivity index (χ3v) is 3.06. The molecule has 0 N–H and O–H groups in total. The second kappa shape index (κ2) is 5.02. The third-order valence-electron chi connectivity index (χ3n) is 2.82. The van der Waals surface area contributed by atoms with Crippen molar-refractivity contribution in [2.24, 2.45) is 0 Å². The van der Waals surface area contributed by atoms with Gasteiger partial charge in [-0.05, 0) is 25.5 Å². The number of imidazole rings is 1. The van der Waals surface area contributed by atoms with E-state index in [1.54, 1.807) is 13.3 Å². The van der Waals surface area contributed by atoms with Crippen molar-refractivity contribution in [3.63, 3.8) is 0 Å². The van der Waals surface area contributed by atoms with Gasteiger partial charge in [0.2, 0.25) is 0 Å². The van der Waals surface area contributed by atoms with Gasteiger partial charge in [-0.1, -0.05) is 0 Å². The predicted octanol–water partition coefficient (Wildman–Crippen LogP) is 2.69. The number of aromatic nitrogens is 3. The second-order valence-corrected chi connectivity index (χ2v) is 4.40. The lowest BCUT2D eigenvalue weighted by molar-refractivity contribution is 0.162. The molecule has 4 nitrogen and oxygen atoms in total.